The van der Waals surface area contributed by atoms with Crippen LogP contribution in [-0.4, -0.2) is 35.1 Å². The molecule has 0 atom stereocenters. The van der Waals surface area contributed by atoms with Gasteiger partial charge in [-0.05, 0) is 36.1 Å². The Labute approximate surface area is 107 Å². The van der Waals surface area contributed by atoms with E-state index in [0.29, 0.717) is 0 Å². The molecule has 1 amide bonds. The number of nitrogens with one attached hydrogen (secondary N) is 1. The standard InChI is InChI=1S/C14H17N3O/c15-10-16-8-12-4-3-11(7-13(12)9-16)14(18)17-5-1-2-6-17/h3-4,7,10,15H,1-2,5-6,8-9H2. The van der Waals surface area contributed by atoms with Gasteiger partial charge in [-0.15, -0.1) is 0 Å². The minimum absolute atomic E-state index is 0.156. The van der Waals surface area contributed by atoms with Crippen LogP contribution < -0.4 is 0 Å². The van der Waals surface area contributed by atoms with Gasteiger partial charge in [0.1, 0.15) is 0 Å². The Morgan fingerprint density at radius 3 is 2.61 bits per heavy atom. The van der Waals surface area contributed by atoms with Crippen LogP contribution in [0.3, 0.4) is 0 Å². The first-order chi connectivity index (χ1) is 8.78. The van der Waals surface area contributed by atoms with Crippen LogP contribution in [0.15, 0.2) is 18.2 Å². The van der Waals surface area contributed by atoms with Crippen LogP contribution in [0.4, 0.5) is 0 Å². The van der Waals surface area contributed by atoms with E-state index in [1.807, 2.05) is 28.0 Å². The predicted molar refractivity (Wildman–Crippen MR) is 69.6 cm³/mol. The monoisotopic (exact) mass is 243 g/mol. The summed E-state index contributed by atoms with van der Waals surface area (Å²) in [5.41, 5.74) is 3.21. The molecule has 0 bridgehead atoms. The molecule has 2 aliphatic rings. The molecule has 18 heavy (non-hydrogen) atoms. The molecule has 0 spiro atoms. The van der Waals surface area contributed by atoms with Crippen LogP contribution >= 0.6 is 0 Å². The maximum absolute atomic E-state index is 12.3. The molecule has 1 aromatic carbocycles. The number of carbonyl (C=O) groups excluding carboxylic acids is 1. The lowest BCUT2D eigenvalue weighted by Gasteiger charge is -2.15. The maximum Gasteiger partial charge on any atom is 0.253 e. The highest BCUT2D eigenvalue weighted by atomic mass is 16.2. The number of amides is 1. The second kappa shape index (κ2) is 4.44. The molecule has 1 N–H and O–H groups in total. The fraction of sp³-hybridized carbons (Fsp3) is 0.429. The molecule has 2 aliphatic heterocycles. The van der Waals surface area contributed by atoms with E-state index in [9.17, 15) is 4.79 Å². The smallest absolute Gasteiger partial charge is 0.253 e. The molecule has 1 saturated heterocycles. The van der Waals surface area contributed by atoms with Crippen molar-refractivity contribution < 1.29 is 4.79 Å². The Balaban J connectivity index is 1.83. The molecule has 0 saturated carbocycles. The molecular formula is C14H17N3O. The van der Waals surface area contributed by atoms with Gasteiger partial charge in [0.05, 0.1) is 6.34 Å². The summed E-state index contributed by atoms with van der Waals surface area (Å²) in [7, 11) is 0. The Hall–Kier alpha value is -1.84. The van der Waals surface area contributed by atoms with Crippen LogP contribution in [0.5, 0.6) is 0 Å². The second-order valence-corrected chi connectivity index (χ2v) is 5.02. The van der Waals surface area contributed by atoms with Gasteiger partial charge in [0.2, 0.25) is 0 Å². The lowest BCUT2D eigenvalue weighted by Crippen LogP contribution is -2.27. The summed E-state index contributed by atoms with van der Waals surface area (Å²) in [6.45, 7) is 3.32. The van der Waals surface area contributed by atoms with Crippen molar-refractivity contribution in [2.24, 2.45) is 0 Å². The first kappa shape index (κ1) is 11.3. The largest absolute Gasteiger partial charge is 0.354 e. The Morgan fingerprint density at radius 1 is 1.17 bits per heavy atom. The Bertz CT molecular complexity index is 492. The number of likely N-dealkylation sites (tertiary alicyclic amines) is 1. The van der Waals surface area contributed by atoms with Gasteiger partial charge in [0, 0.05) is 31.7 Å². The fourth-order valence-electron chi connectivity index (χ4n) is 2.75. The molecule has 1 fully saturated rings. The molecule has 4 nitrogen and oxygen atoms in total. The number of hydrogen-bond donors (Lipinski definition) is 1. The minimum Gasteiger partial charge on any atom is -0.354 e. The van der Waals surface area contributed by atoms with Gasteiger partial charge in [0.25, 0.3) is 5.91 Å². The first-order valence-electron chi connectivity index (χ1n) is 6.43. The first-order valence-corrected chi connectivity index (χ1v) is 6.43. The molecule has 94 valence electrons. The number of hydrogen-bond acceptors (Lipinski definition) is 2. The highest BCUT2D eigenvalue weighted by molar-refractivity contribution is 5.94. The number of benzene rings is 1. The van der Waals surface area contributed by atoms with E-state index in [4.69, 9.17) is 5.41 Å². The van der Waals surface area contributed by atoms with Crippen molar-refractivity contribution in [3.8, 4) is 0 Å². The zero-order valence-corrected chi connectivity index (χ0v) is 10.4. The van der Waals surface area contributed by atoms with Gasteiger partial charge in [0.15, 0.2) is 0 Å². The lowest BCUT2D eigenvalue weighted by molar-refractivity contribution is 0.0792. The van der Waals surface area contributed by atoms with Gasteiger partial charge >= 0.3 is 0 Å². The molecule has 0 radical (unpaired) electrons. The van der Waals surface area contributed by atoms with Crippen molar-refractivity contribution in [2.75, 3.05) is 13.1 Å². The average molecular weight is 243 g/mol. The van der Waals surface area contributed by atoms with Gasteiger partial charge < -0.3 is 9.80 Å². The number of nitrogens with zero attached hydrogens (tertiary/aromatic N) is 2. The summed E-state index contributed by atoms with van der Waals surface area (Å²) in [5, 5.41) is 7.28. The van der Waals surface area contributed by atoms with Crippen molar-refractivity contribution in [3.63, 3.8) is 0 Å². The minimum atomic E-state index is 0.156. The van der Waals surface area contributed by atoms with Gasteiger partial charge in [-0.3, -0.25) is 10.2 Å². The highest BCUT2D eigenvalue weighted by Gasteiger charge is 2.22. The van der Waals surface area contributed by atoms with Crippen LogP contribution in [0.2, 0.25) is 0 Å². The molecule has 0 unspecified atom stereocenters. The number of fused-ring (bicyclic) bond motifs is 1. The van der Waals surface area contributed by atoms with Crippen molar-refractivity contribution in [3.05, 3.63) is 34.9 Å². The third kappa shape index (κ3) is 1.88. The highest BCUT2D eigenvalue weighted by Crippen LogP contribution is 2.23. The van der Waals surface area contributed by atoms with Gasteiger partial charge in [-0.1, -0.05) is 6.07 Å². The van der Waals surface area contributed by atoms with E-state index in [2.05, 4.69) is 0 Å². The van der Waals surface area contributed by atoms with E-state index in [-0.39, 0.29) is 5.91 Å². The lowest BCUT2D eigenvalue weighted by atomic mass is 10.1. The molecule has 3 rings (SSSR count). The van der Waals surface area contributed by atoms with Crippen LogP contribution in [0.1, 0.15) is 34.3 Å². The molecule has 4 heteroatoms. The summed E-state index contributed by atoms with van der Waals surface area (Å²) in [6, 6.07) is 5.95. The third-order valence-electron chi connectivity index (χ3n) is 3.78. The topological polar surface area (TPSA) is 47.4 Å². The number of carbonyl (C=O) groups is 1. The SMILES string of the molecule is N=CN1Cc2ccc(C(=O)N3CCCC3)cc2C1. The summed E-state index contributed by atoms with van der Waals surface area (Å²) < 4.78 is 0. The summed E-state index contributed by atoms with van der Waals surface area (Å²) in [6.07, 6.45) is 3.61. The normalized spacial score (nSPS) is 18.0. The molecule has 1 aromatic rings. The third-order valence-corrected chi connectivity index (χ3v) is 3.78. The summed E-state index contributed by atoms with van der Waals surface area (Å²) in [5.74, 6) is 0.156. The molecule has 2 heterocycles. The fourth-order valence-corrected chi connectivity index (χ4v) is 2.75. The molecular weight excluding hydrogens is 226 g/mol. The average Bonchev–Trinajstić information content (AvgIpc) is 3.05. The van der Waals surface area contributed by atoms with E-state index >= 15 is 0 Å². The molecule has 0 aliphatic carbocycles. The van der Waals surface area contributed by atoms with E-state index in [1.165, 1.54) is 17.5 Å². The van der Waals surface area contributed by atoms with E-state index in [0.717, 1.165) is 44.6 Å². The van der Waals surface area contributed by atoms with Crippen LogP contribution in [-0.2, 0) is 13.1 Å². The summed E-state index contributed by atoms with van der Waals surface area (Å²) >= 11 is 0. The maximum atomic E-state index is 12.3. The molecule has 0 aromatic heterocycles. The van der Waals surface area contributed by atoms with Gasteiger partial charge in [-0.25, -0.2) is 0 Å². The number of rotatable bonds is 2. The van der Waals surface area contributed by atoms with Crippen LogP contribution in [0, 0.1) is 5.41 Å². The quantitative estimate of drug-likeness (QED) is 0.636. The summed E-state index contributed by atoms with van der Waals surface area (Å²) in [4.78, 5) is 16.1. The van der Waals surface area contributed by atoms with Gasteiger partial charge in [-0.2, -0.15) is 0 Å². The Kier molecular flexibility index (Phi) is 2.78. The van der Waals surface area contributed by atoms with Crippen molar-refractivity contribution in [2.45, 2.75) is 25.9 Å². The van der Waals surface area contributed by atoms with E-state index < -0.39 is 0 Å². The second-order valence-electron chi connectivity index (χ2n) is 5.02. The van der Waals surface area contributed by atoms with Crippen molar-refractivity contribution >= 4 is 12.2 Å². The van der Waals surface area contributed by atoms with Crippen molar-refractivity contribution in [1.82, 2.24) is 9.80 Å². The zero-order valence-electron chi connectivity index (χ0n) is 10.4. The zero-order chi connectivity index (χ0) is 12.5. The van der Waals surface area contributed by atoms with E-state index in [1.54, 1.807) is 0 Å². The predicted octanol–water partition coefficient (Wildman–Crippen LogP) is 1.85. The van der Waals surface area contributed by atoms with Crippen LogP contribution in [0.25, 0.3) is 0 Å². The Morgan fingerprint density at radius 2 is 1.89 bits per heavy atom. The van der Waals surface area contributed by atoms with Crippen molar-refractivity contribution in [1.29, 1.82) is 5.41 Å².